The highest BCUT2D eigenvalue weighted by molar-refractivity contribution is 5.41. The minimum atomic E-state index is -1.68. The Morgan fingerprint density at radius 3 is 2.48 bits per heavy atom. The summed E-state index contributed by atoms with van der Waals surface area (Å²) in [5.41, 5.74) is -4.55. The summed E-state index contributed by atoms with van der Waals surface area (Å²) in [5, 5.41) is 58.9. The van der Waals surface area contributed by atoms with E-state index in [1.807, 2.05) is 6.92 Å². The number of piperidine rings is 1. The molecule has 176 valence electrons. The van der Waals surface area contributed by atoms with Crippen molar-refractivity contribution in [2.24, 2.45) is 34.5 Å². The molecule has 5 aliphatic carbocycles. The van der Waals surface area contributed by atoms with Gasteiger partial charge in [0.15, 0.2) is 0 Å². The summed E-state index contributed by atoms with van der Waals surface area (Å²) in [6, 6.07) is -0.497. The van der Waals surface area contributed by atoms with E-state index in [1.165, 1.54) is 0 Å². The van der Waals surface area contributed by atoms with Crippen LogP contribution in [-0.2, 0) is 9.47 Å². The number of likely N-dealkylation sites (N-methyl/N-ethyl adjacent to an activating group) is 1. The van der Waals surface area contributed by atoms with Crippen LogP contribution in [0.1, 0.15) is 32.6 Å². The molecule has 8 heteroatoms. The monoisotopic (exact) mass is 439 g/mol. The molecule has 8 nitrogen and oxygen atoms in total. The molecule has 0 radical (unpaired) electrons. The summed E-state index contributed by atoms with van der Waals surface area (Å²) in [6.07, 6.45) is -0.520. The lowest BCUT2D eigenvalue weighted by molar-refractivity contribution is -0.317. The van der Waals surface area contributed by atoms with E-state index in [4.69, 9.17) is 9.47 Å². The SMILES string of the molecule is CCN1C[C@]2(CO)CC[C@H](O)[C@@]34[C@@H]5C[C@H]6[C@H](O)[C@@H]5[C@](O)(C[C@@H]6OC)[C@](O)([C@@H](OC)[C@H]23)[C@@H]14. The average Bonchev–Trinajstić information content (AvgIpc) is 3.13. The second kappa shape index (κ2) is 6.21. The molecule has 0 unspecified atom stereocenters. The molecule has 13 atom stereocenters. The third-order valence-electron chi connectivity index (χ3n) is 11.1. The van der Waals surface area contributed by atoms with E-state index in [9.17, 15) is 25.5 Å². The highest BCUT2D eigenvalue weighted by Gasteiger charge is 2.91. The molecular formula is C23H37NO7. The van der Waals surface area contributed by atoms with Gasteiger partial charge >= 0.3 is 0 Å². The molecule has 1 aliphatic heterocycles. The molecule has 1 heterocycles. The number of hydrogen-bond donors (Lipinski definition) is 5. The molecule has 6 rings (SSSR count). The van der Waals surface area contributed by atoms with Crippen LogP contribution in [0.4, 0.5) is 0 Å². The Balaban J connectivity index is 1.68. The van der Waals surface area contributed by atoms with Crippen molar-refractivity contribution in [3.63, 3.8) is 0 Å². The topological polar surface area (TPSA) is 123 Å². The van der Waals surface area contributed by atoms with Crippen LogP contribution in [0, 0.1) is 34.5 Å². The van der Waals surface area contributed by atoms with Crippen molar-refractivity contribution in [3.05, 3.63) is 0 Å². The number of ether oxygens (including phenoxy) is 2. The smallest absolute Gasteiger partial charge is 0.136 e. The molecule has 1 spiro atoms. The van der Waals surface area contributed by atoms with Crippen LogP contribution in [0.15, 0.2) is 0 Å². The number of fused-ring (bicyclic) bond motifs is 2. The normalized spacial score (nSPS) is 64.1. The predicted molar refractivity (Wildman–Crippen MR) is 109 cm³/mol. The second-order valence-corrected chi connectivity index (χ2v) is 11.4. The van der Waals surface area contributed by atoms with Gasteiger partial charge in [-0.15, -0.1) is 0 Å². The van der Waals surface area contributed by atoms with E-state index < -0.39 is 52.3 Å². The summed E-state index contributed by atoms with van der Waals surface area (Å²) in [4.78, 5) is 2.18. The van der Waals surface area contributed by atoms with Gasteiger partial charge in [0, 0.05) is 55.8 Å². The number of rotatable bonds is 4. The van der Waals surface area contributed by atoms with Crippen LogP contribution in [0.5, 0.6) is 0 Å². The van der Waals surface area contributed by atoms with Crippen LogP contribution in [0.3, 0.4) is 0 Å². The number of nitrogens with zero attached hydrogens (tertiary/aromatic N) is 1. The molecule has 0 aromatic rings. The summed E-state index contributed by atoms with van der Waals surface area (Å²) in [7, 11) is 3.16. The lowest BCUT2D eigenvalue weighted by atomic mass is 9.42. The maximum Gasteiger partial charge on any atom is 0.136 e. The first-order valence-electron chi connectivity index (χ1n) is 11.9. The van der Waals surface area contributed by atoms with E-state index in [1.54, 1.807) is 14.2 Å². The third-order valence-corrected chi connectivity index (χ3v) is 11.1. The zero-order valence-electron chi connectivity index (χ0n) is 18.6. The van der Waals surface area contributed by atoms with Gasteiger partial charge in [-0.2, -0.15) is 0 Å². The lowest BCUT2D eigenvalue weighted by Crippen LogP contribution is -2.81. The summed E-state index contributed by atoms with van der Waals surface area (Å²) in [6.45, 7) is 3.23. The van der Waals surface area contributed by atoms with Gasteiger partial charge in [-0.1, -0.05) is 6.92 Å². The number of hydrogen-bond acceptors (Lipinski definition) is 8. The van der Waals surface area contributed by atoms with Crippen LogP contribution in [-0.4, -0.2) is 106 Å². The molecule has 1 saturated heterocycles. The fourth-order valence-corrected chi connectivity index (χ4v) is 10.4. The number of aliphatic hydroxyl groups excluding tert-OH is 3. The van der Waals surface area contributed by atoms with Crippen molar-refractivity contribution < 1.29 is 35.0 Å². The molecule has 0 amide bonds. The molecule has 7 bridgehead atoms. The molecule has 5 saturated carbocycles. The number of likely N-dealkylation sites (tertiary alicyclic amines) is 1. The Morgan fingerprint density at radius 1 is 1.13 bits per heavy atom. The van der Waals surface area contributed by atoms with Gasteiger partial charge in [0.2, 0.25) is 0 Å². The maximum atomic E-state index is 12.7. The van der Waals surface area contributed by atoms with Gasteiger partial charge in [-0.05, 0) is 31.7 Å². The maximum absolute atomic E-state index is 12.7. The zero-order valence-corrected chi connectivity index (χ0v) is 18.6. The van der Waals surface area contributed by atoms with Crippen molar-refractivity contribution in [1.29, 1.82) is 0 Å². The Morgan fingerprint density at radius 2 is 1.87 bits per heavy atom. The van der Waals surface area contributed by atoms with Gasteiger partial charge in [0.05, 0.1) is 37.1 Å². The molecule has 31 heavy (non-hydrogen) atoms. The average molecular weight is 440 g/mol. The van der Waals surface area contributed by atoms with Crippen molar-refractivity contribution >= 4 is 0 Å². The number of methoxy groups -OCH3 is 2. The van der Waals surface area contributed by atoms with E-state index in [-0.39, 0.29) is 36.9 Å². The molecule has 6 aliphatic rings. The van der Waals surface area contributed by atoms with Gasteiger partial charge in [0.25, 0.3) is 0 Å². The standard InChI is InChI=1S/C23H37NO7/c1-4-24-9-20(10-25)6-5-14(26)22-12-7-11-13(30-2)8-21(28,15(12)16(11)27)23(29,19(22)24)18(31-3)17(20)22/h11-19,25-29H,4-10H2,1-3H3/t11-,12-,13+,14+,15-,16+,17-,18+,19+,20+,21-,22+,23+/m1/s1. The van der Waals surface area contributed by atoms with Gasteiger partial charge < -0.3 is 35.0 Å². The fraction of sp³-hybridized carbons (Fsp3) is 1.00. The summed E-state index contributed by atoms with van der Waals surface area (Å²) >= 11 is 0. The van der Waals surface area contributed by atoms with Gasteiger partial charge in [-0.25, -0.2) is 0 Å². The van der Waals surface area contributed by atoms with Gasteiger partial charge in [-0.3, -0.25) is 4.90 Å². The van der Waals surface area contributed by atoms with Crippen LogP contribution in [0.25, 0.3) is 0 Å². The first kappa shape index (κ1) is 21.2. The van der Waals surface area contributed by atoms with Crippen molar-refractivity contribution in [2.75, 3.05) is 33.9 Å². The van der Waals surface area contributed by atoms with Gasteiger partial charge in [0.1, 0.15) is 11.2 Å². The molecular weight excluding hydrogens is 402 g/mol. The third kappa shape index (κ3) is 1.89. The highest BCUT2D eigenvalue weighted by atomic mass is 16.5. The first-order chi connectivity index (χ1) is 14.7. The Bertz CT molecular complexity index is 783. The first-order valence-corrected chi connectivity index (χ1v) is 11.9. The number of aliphatic hydroxyl groups is 5. The largest absolute Gasteiger partial charge is 0.396 e. The van der Waals surface area contributed by atoms with E-state index in [2.05, 4.69) is 4.90 Å². The minimum absolute atomic E-state index is 0.0478. The molecule has 5 N–H and O–H groups in total. The Kier molecular flexibility index (Phi) is 4.26. The molecule has 6 fully saturated rings. The van der Waals surface area contributed by atoms with Crippen LogP contribution < -0.4 is 0 Å². The highest BCUT2D eigenvalue weighted by Crippen LogP contribution is 2.80. The van der Waals surface area contributed by atoms with Crippen LogP contribution in [0.2, 0.25) is 0 Å². The zero-order chi connectivity index (χ0) is 22.1. The van der Waals surface area contributed by atoms with Crippen molar-refractivity contribution in [1.82, 2.24) is 4.90 Å². The quantitative estimate of drug-likeness (QED) is 0.377. The molecule has 0 aromatic carbocycles. The second-order valence-electron chi connectivity index (χ2n) is 11.4. The van der Waals surface area contributed by atoms with Crippen molar-refractivity contribution in [2.45, 2.75) is 74.3 Å². The van der Waals surface area contributed by atoms with E-state index >= 15 is 0 Å². The van der Waals surface area contributed by atoms with Crippen LogP contribution >= 0.6 is 0 Å². The molecule has 0 aromatic heterocycles. The van der Waals surface area contributed by atoms with Crippen molar-refractivity contribution in [3.8, 4) is 0 Å². The van der Waals surface area contributed by atoms with E-state index in [0.717, 1.165) is 0 Å². The summed E-state index contributed by atoms with van der Waals surface area (Å²) < 4.78 is 11.8. The predicted octanol–water partition coefficient (Wildman–Crippen LogP) is -1.04. The minimum Gasteiger partial charge on any atom is -0.396 e. The summed E-state index contributed by atoms with van der Waals surface area (Å²) in [5.74, 6) is -1.15. The fourth-order valence-electron chi connectivity index (χ4n) is 10.4. The lowest BCUT2D eigenvalue weighted by Gasteiger charge is -2.69. The Hall–Kier alpha value is -0.320. The Labute approximate surface area is 183 Å². The van der Waals surface area contributed by atoms with E-state index in [0.29, 0.717) is 32.4 Å².